The molecule has 0 aliphatic carbocycles. The molecule has 2 aliphatic heterocycles. The third-order valence-corrected chi connectivity index (χ3v) is 7.03. The SMILES string of the molecule is C=C.CC.CC.CCC1(C)c2ccccc2N2c3ncncc3N(c3ccccc3C)C2C1C. The van der Waals surface area contributed by atoms with Gasteiger partial charge >= 0.3 is 0 Å². The Bertz CT molecular complexity index is 1060. The van der Waals surface area contributed by atoms with Crippen LogP contribution in [0.15, 0.2) is 74.2 Å². The van der Waals surface area contributed by atoms with Crippen molar-refractivity contribution in [2.24, 2.45) is 5.92 Å². The van der Waals surface area contributed by atoms with Gasteiger partial charge in [-0.05, 0) is 36.6 Å². The molecule has 4 nitrogen and oxygen atoms in total. The summed E-state index contributed by atoms with van der Waals surface area (Å²) in [6.45, 7) is 23.3. The summed E-state index contributed by atoms with van der Waals surface area (Å²) in [4.78, 5) is 14.0. The van der Waals surface area contributed by atoms with Crippen LogP contribution in [0.1, 0.15) is 66.0 Å². The van der Waals surface area contributed by atoms with Gasteiger partial charge in [0.15, 0.2) is 5.82 Å². The van der Waals surface area contributed by atoms with Gasteiger partial charge in [-0.15, -0.1) is 13.2 Å². The highest BCUT2D eigenvalue weighted by Crippen LogP contribution is 2.57. The topological polar surface area (TPSA) is 32.3 Å². The Labute approximate surface area is 207 Å². The second-order valence-electron chi connectivity index (χ2n) is 8.25. The summed E-state index contributed by atoms with van der Waals surface area (Å²) in [7, 11) is 0. The van der Waals surface area contributed by atoms with E-state index >= 15 is 0 Å². The van der Waals surface area contributed by atoms with Crippen molar-refractivity contribution in [2.45, 2.75) is 73.4 Å². The molecule has 0 bridgehead atoms. The van der Waals surface area contributed by atoms with Crippen molar-refractivity contribution >= 4 is 22.9 Å². The molecule has 3 aromatic rings. The first-order chi connectivity index (χ1) is 16.6. The molecular weight excluding hydrogens is 416 g/mol. The molecule has 0 amide bonds. The van der Waals surface area contributed by atoms with Gasteiger partial charge < -0.3 is 9.80 Å². The van der Waals surface area contributed by atoms with Crippen LogP contribution in [0.4, 0.5) is 22.9 Å². The standard InChI is InChI=1S/C24H26N4.2C2H6.C2H4/c1-5-24(4)17(3)23-27(19-12-8-6-10-16(19)2)21-14-25-15-26-22(21)28(23)20-13-9-7-11-18(20)24;3*1-2/h6-15,17,23H,5H2,1-4H3;2*1-2H3;1-2H2. The van der Waals surface area contributed by atoms with Crippen molar-refractivity contribution in [3.05, 3.63) is 85.3 Å². The van der Waals surface area contributed by atoms with Gasteiger partial charge in [0.1, 0.15) is 18.2 Å². The van der Waals surface area contributed by atoms with Crippen LogP contribution in [0.25, 0.3) is 0 Å². The molecule has 0 saturated carbocycles. The van der Waals surface area contributed by atoms with Crippen LogP contribution in [0.3, 0.4) is 0 Å². The van der Waals surface area contributed by atoms with Gasteiger partial charge in [-0.1, -0.05) is 84.9 Å². The molecule has 0 fully saturated rings. The van der Waals surface area contributed by atoms with Crippen LogP contribution in [-0.4, -0.2) is 16.1 Å². The van der Waals surface area contributed by atoms with Crippen LogP contribution < -0.4 is 9.80 Å². The van der Waals surface area contributed by atoms with Crippen molar-refractivity contribution in [3.63, 3.8) is 0 Å². The number of hydrogen-bond donors (Lipinski definition) is 0. The first kappa shape index (κ1) is 27.1. The summed E-state index contributed by atoms with van der Waals surface area (Å²) in [6, 6.07) is 17.5. The molecule has 2 aliphatic rings. The zero-order chi connectivity index (χ0) is 25.5. The molecular formula is C30H42N4. The number of aromatic nitrogens is 2. The number of hydrogen-bond acceptors (Lipinski definition) is 4. The highest BCUT2D eigenvalue weighted by atomic mass is 15.5. The van der Waals surface area contributed by atoms with E-state index in [0.29, 0.717) is 5.92 Å². The highest BCUT2D eigenvalue weighted by molar-refractivity contribution is 5.88. The summed E-state index contributed by atoms with van der Waals surface area (Å²) in [5.41, 5.74) is 6.36. The molecule has 2 aromatic carbocycles. The number of benzene rings is 2. The fourth-order valence-corrected chi connectivity index (χ4v) is 5.12. The van der Waals surface area contributed by atoms with Crippen molar-refractivity contribution < 1.29 is 0 Å². The third kappa shape index (κ3) is 4.22. The lowest BCUT2D eigenvalue weighted by atomic mass is 9.66. The molecule has 5 rings (SSSR count). The van der Waals surface area contributed by atoms with Crippen LogP contribution in [0, 0.1) is 12.8 Å². The number of nitrogens with zero attached hydrogens (tertiary/aromatic N) is 4. The second kappa shape index (κ2) is 11.8. The van der Waals surface area contributed by atoms with E-state index in [1.807, 2.05) is 33.9 Å². The van der Waals surface area contributed by atoms with E-state index in [1.54, 1.807) is 6.33 Å². The normalized spacial score (nSPS) is 21.3. The lowest BCUT2D eigenvalue weighted by Gasteiger charge is -2.51. The van der Waals surface area contributed by atoms with Gasteiger partial charge in [0, 0.05) is 22.7 Å². The number of para-hydroxylation sites is 2. The van der Waals surface area contributed by atoms with Crippen LogP contribution in [0.2, 0.25) is 0 Å². The van der Waals surface area contributed by atoms with Crippen molar-refractivity contribution in [1.29, 1.82) is 0 Å². The fourth-order valence-electron chi connectivity index (χ4n) is 5.12. The minimum atomic E-state index is 0.0914. The molecule has 182 valence electrons. The maximum atomic E-state index is 4.73. The quantitative estimate of drug-likeness (QED) is 0.360. The predicted molar refractivity (Wildman–Crippen MR) is 148 cm³/mol. The molecule has 3 heterocycles. The average molecular weight is 459 g/mol. The Hall–Kier alpha value is -3.14. The summed E-state index contributed by atoms with van der Waals surface area (Å²) >= 11 is 0. The maximum absolute atomic E-state index is 4.73. The first-order valence-electron chi connectivity index (χ1n) is 12.6. The summed E-state index contributed by atoms with van der Waals surface area (Å²) in [5.74, 6) is 1.40. The van der Waals surface area contributed by atoms with E-state index in [-0.39, 0.29) is 11.6 Å². The monoisotopic (exact) mass is 458 g/mol. The third-order valence-electron chi connectivity index (χ3n) is 7.03. The van der Waals surface area contributed by atoms with Crippen molar-refractivity contribution in [1.82, 2.24) is 9.97 Å². The van der Waals surface area contributed by atoms with Gasteiger partial charge in [-0.3, -0.25) is 0 Å². The largest absolute Gasteiger partial charge is 0.315 e. The molecule has 0 N–H and O–H groups in total. The second-order valence-corrected chi connectivity index (χ2v) is 8.25. The minimum absolute atomic E-state index is 0.0914. The van der Waals surface area contributed by atoms with Gasteiger partial charge in [0.05, 0.1) is 6.20 Å². The van der Waals surface area contributed by atoms with Gasteiger partial charge in [-0.2, -0.15) is 0 Å². The van der Waals surface area contributed by atoms with E-state index in [0.717, 1.165) is 17.9 Å². The summed E-state index contributed by atoms with van der Waals surface area (Å²) < 4.78 is 0. The van der Waals surface area contributed by atoms with Crippen molar-refractivity contribution in [2.75, 3.05) is 9.80 Å². The molecule has 4 heteroatoms. The van der Waals surface area contributed by atoms with Gasteiger partial charge in [-0.25, -0.2) is 9.97 Å². The van der Waals surface area contributed by atoms with Crippen LogP contribution in [0.5, 0.6) is 0 Å². The first-order valence-corrected chi connectivity index (χ1v) is 12.6. The molecule has 0 spiro atoms. The maximum Gasteiger partial charge on any atom is 0.162 e. The smallest absolute Gasteiger partial charge is 0.162 e. The van der Waals surface area contributed by atoms with Crippen LogP contribution >= 0.6 is 0 Å². The number of aryl methyl sites for hydroxylation is 1. The Morgan fingerprint density at radius 2 is 1.47 bits per heavy atom. The lowest BCUT2D eigenvalue weighted by Crippen LogP contribution is -2.54. The summed E-state index contributed by atoms with van der Waals surface area (Å²) in [6.07, 6.45) is 4.90. The van der Waals surface area contributed by atoms with Crippen molar-refractivity contribution in [3.8, 4) is 0 Å². The molecule has 0 radical (unpaired) electrons. The zero-order valence-corrected chi connectivity index (χ0v) is 22.3. The Balaban J connectivity index is 0.000000633. The number of rotatable bonds is 2. The Kier molecular flexibility index (Phi) is 9.43. The van der Waals surface area contributed by atoms with E-state index in [4.69, 9.17) is 4.98 Å². The van der Waals surface area contributed by atoms with E-state index in [9.17, 15) is 0 Å². The molecule has 3 unspecified atom stereocenters. The zero-order valence-electron chi connectivity index (χ0n) is 22.3. The predicted octanol–water partition coefficient (Wildman–Crippen LogP) is 8.57. The fraction of sp³-hybridized carbons (Fsp3) is 0.400. The molecule has 1 aromatic heterocycles. The average Bonchev–Trinajstić information content (AvgIpc) is 3.26. The molecule has 34 heavy (non-hydrogen) atoms. The number of fused-ring (bicyclic) bond motifs is 5. The Morgan fingerprint density at radius 3 is 2.09 bits per heavy atom. The number of anilines is 4. The minimum Gasteiger partial charge on any atom is -0.315 e. The molecule has 3 atom stereocenters. The summed E-state index contributed by atoms with van der Waals surface area (Å²) in [5, 5.41) is 0. The molecule has 0 saturated heterocycles. The highest BCUT2D eigenvalue weighted by Gasteiger charge is 2.53. The Morgan fingerprint density at radius 1 is 0.882 bits per heavy atom. The van der Waals surface area contributed by atoms with Crippen LogP contribution in [-0.2, 0) is 5.41 Å². The van der Waals surface area contributed by atoms with Gasteiger partial charge in [0.2, 0.25) is 0 Å². The van der Waals surface area contributed by atoms with Gasteiger partial charge in [0.25, 0.3) is 0 Å². The van der Waals surface area contributed by atoms with E-state index in [1.165, 1.54) is 22.5 Å². The van der Waals surface area contributed by atoms with E-state index in [2.05, 4.69) is 104 Å². The lowest BCUT2D eigenvalue weighted by molar-refractivity contribution is 0.249. The van der Waals surface area contributed by atoms with E-state index < -0.39 is 0 Å².